The van der Waals surface area contributed by atoms with Gasteiger partial charge in [-0.3, -0.25) is 4.79 Å². The molecular weight excluding hydrogens is 114 g/mol. The second-order valence-electron chi connectivity index (χ2n) is 2.39. The lowest BCUT2D eigenvalue weighted by atomic mass is 10.1. The van der Waals surface area contributed by atoms with Gasteiger partial charge in [0.15, 0.2) is 0 Å². The molecule has 1 radical (unpaired) electrons. The third kappa shape index (κ3) is 1.44. The fraction of sp³-hybridized carbons (Fsp3) is 0.714. The quantitative estimate of drug-likeness (QED) is 0.551. The predicted octanol–water partition coefficient (Wildman–Crippen LogP) is 0.737. The van der Waals surface area contributed by atoms with Crippen LogP contribution in [0.2, 0.25) is 0 Å². The highest BCUT2D eigenvalue weighted by atomic mass is 16.1. The number of hydrogen-bond acceptors (Lipinski definition) is 1. The molecule has 0 saturated heterocycles. The van der Waals surface area contributed by atoms with Gasteiger partial charge in [0.2, 0.25) is 5.91 Å². The highest BCUT2D eigenvalue weighted by molar-refractivity contribution is 5.79. The van der Waals surface area contributed by atoms with Gasteiger partial charge in [0.25, 0.3) is 0 Å². The minimum Gasteiger partial charge on any atom is -0.359 e. The van der Waals surface area contributed by atoms with Crippen LogP contribution in [0.3, 0.4) is 0 Å². The summed E-state index contributed by atoms with van der Waals surface area (Å²) < 4.78 is 0. The van der Waals surface area contributed by atoms with E-state index in [0.717, 1.165) is 12.8 Å². The fourth-order valence-electron chi connectivity index (χ4n) is 1.20. The third-order valence-electron chi connectivity index (χ3n) is 1.75. The van der Waals surface area contributed by atoms with Gasteiger partial charge in [-0.1, -0.05) is 6.42 Å². The Morgan fingerprint density at radius 1 is 1.78 bits per heavy atom. The topological polar surface area (TPSA) is 29.1 Å². The van der Waals surface area contributed by atoms with E-state index in [0.29, 0.717) is 0 Å². The van der Waals surface area contributed by atoms with Crippen molar-refractivity contribution in [1.82, 2.24) is 5.32 Å². The molecule has 1 atom stereocenters. The summed E-state index contributed by atoms with van der Waals surface area (Å²) in [5.74, 6) is 0.377. The van der Waals surface area contributed by atoms with Crippen LogP contribution in [0.1, 0.15) is 19.3 Å². The number of amides is 1. The second kappa shape index (κ2) is 2.85. The van der Waals surface area contributed by atoms with Crippen molar-refractivity contribution in [2.45, 2.75) is 19.3 Å². The average Bonchev–Trinajstić information content (AvgIpc) is 2.37. The Kier molecular flexibility index (Phi) is 2.09. The molecule has 1 unspecified atom stereocenters. The van der Waals surface area contributed by atoms with Gasteiger partial charge in [-0.15, -0.1) is 0 Å². The first kappa shape index (κ1) is 6.59. The van der Waals surface area contributed by atoms with Crippen molar-refractivity contribution in [3.8, 4) is 0 Å². The summed E-state index contributed by atoms with van der Waals surface area (Å²) in [6.07, 6.45) is 5.43. The molecule has 2 nitrogen and oxygen atoms in total. The molecule has 0 aromatic carbocycles. The van der Waals surface area contributed by atoms with Gasteiger partial charge >= 0.3 is 0 Å². The molecular formula is C7H12NO. The van der Waals surface area contributed by atoms with E-state index in [4.69, 9.17) is 0 Å². The monoisotopic (exact) mass is 126 g/mol. The molecule has 1 aliphatic carbocycles. The molecule has 0 aromatic rings. The lowest BCUT2D eigenvalue weighted by Crippen LogP contribution is -2.25. The van der Waals surface area contributed by atoms with Crippen LogP contribution in [-0.2, 0) is 4.79 Å². The Labute approximate surface area is 55.6 Å². The summed E-state index contributed by atoms with van der Waals surface area (Å²) in [4.78, 5) is 10.9. The largest absolute Gasteiger partial charge is 0.359 e. The predicted molar refractivity (Wildman–Crippen MR) is 35.7 cm³/mol. The number of hydrogen-bond donors (Lipinski definition) is 1. The minimum absolute atomic E-state index is 0.174. The second-order valence-corrected chi connectivity index (χ2v) is 2.39. The molecule has 0 bridgehead atoms. The van der Waals surface area contributed by atoms with Crippen LogP contribution in [0.4, 0.5) is 0 Å². The summed E-state index contributed by atoms with van der Waals surface area (Å²) in [6.45, 7) is 0. The van der Waals surface area contributed by atoms with Gasteiger partial charge in [-0.05, 0) is 19.3 Å². The van der Waals surface area contributed by atoms with E-state index >= 15 is 0 Å². The minimum atomic E-state index is 0.174. The van der Waals surface area contributed by atoms with Crippen molar-refractivity contribution in [3.05, 3.63) is 6.42 Å². The fourth-order valence-corrected chi connectivity index (χ4v) is 1.20. The Balaban J connectivity index is 2.32. The normalized spacial score (nSPS) is 20.1. The maximum atomic E-state index is 10.9. The van der Waals surface area contributed by atoms with Crippen molar-refractivity contribution < 1.29 is 4.79 Å². The molecule has 1 saturated carbocycles. The number of carbonyl (C=O) groups excluding carboxylic acids is 1. The average molecular weight is 126 g/mol. The highest BCUT2D eigenvalue weighted by Gasteiger charge is 2.21. The van der Waals surface area contributed by atoms with Gasteiger partial charge < -0.3 is 5.32 Å². The van der Waals surface area contributed by atoms with E-state index in [-0.39, 0.29) is 11.8 Å². The van der Waals surface area contributed by atoms with Crippen molar-refractivity contribution in [2.24, 2.45) is 5.92 Å². The van der Waals surface area contributed by atoms with E-state index in [1.54, 1.807) is 7.05 Å². The van der Waals surface area contributed by atoms with Crippen LogP contribution in [0.25, 0.3) is 0 Å². The van der Waals surface area contributed by atoms with Crippen LogP contribution in [0.15, 0.2) is 0 Å². The van der Waals surface area contributed by atoms with Gasteiger partial charge in [0.1, 0.15) is 0 Å². The van der Waals surface area contributed by atoms with Crippen LogP contribution >= 0.6 is 0 Å². The molecule has 0 spiro atoms. The highest BCUT2D eigenvalue weighted by Crippen LogP contribution is 2.23. The van der Waals surface area contributed by atoms with Crippen LogP contribution in [-0.4, -0.2) is 13.0 Å². The Morgan fingerprint density at radius 3 is 3.00 bits per heavy atom. The first-order chi connectivity index (χ1) is 4.34. The molecule has 1 rings (SSSR count). The number of nitrogens with one attached hydrogen (secondary N) is 1. The van der Waals surface area contributed by atoms with Crippen LogP contribution < -0.4 is 5.32 Å². The van der Waals surface area contributed by atoms with Gasteiger partial charge in [0, 0.05) is 13.0 Å². The SMILES string of the molecule is CNC(=O)C1[CH]CCC1. The molecule has 51 valence electrons. The lowest BCUT2D eigenvalue weighted by molar-refractivity contribution is -0.123. The van der Waals surface area contributed by atoms with Gasteiger partial charge in [0.05, 0.1) is 0 Å². The zero-order valence-electron chi connectivity index (χ0n) is 5.68. The summed E-state index contributed by atoms with van der Waals surface area (Å²) in [5, 5.41) is 2.64. The molecule has 0 aromatic heterocycles. The molecule has 2 heteroatoms. The van der Waals surface area contributed by atoms with E-state index in [1.807, 2.05) is 0 Å². The van der Waals surface area contributed by atoms with Gasteiger partial charge in [-0.25, -0.2) is 0 Å². The molecule has 1 fully saturated rings. The lowest BCUT2D eigenvalue weighted by Gasteiger charge is -2.04. The van der Waals surface area contributed by atoms with Crippen LogP contribution in [0.5, 0.6) is 0 Å². The van der Waals surface area contributed by atoms with E-state index in [9.17, 15) is 4.79 Å². The first-order valence-corrected chi connectivity index (χ1v) is 3.39. The molecule has 1 aliphatic rings. The zero-order valence-corrected chi connectivity index (χ0v) is 5.68. The first-order valence-electron chi connectivity index (χ1n) is 3.39. The smallest absolute Gasteiger partial charge is 0.223 e. The Hall–Kier alpha value is -0.530. The van der Waals surface area contributed by atoms with Crippen molar-refractivity contribution >= 4 is 5.91 Å². The zero-order chi connectivity index (χ0) is 6.69. The van der Waals surface area contributed by atoms with Crippen LogP contribution in [0, 0.1) is 12.3 Å². The number of rotatable bonds is 1. The van der Waals surface area contributed by atoms with Gasteiger partial charge in [-0.2, -0.15) is 0 Å². The number of carbonyl (C=O) groups is 1. The Morgan fingerprint density at radius 2 is 2.56 bits per heavy atom. The van der Waals surface area contributed by atoms with Crippen molar-refractivity contribution in [3.63, 3.8) is 0 Å². The summed E-state index contributed by atoms with van der Waals surface area (Å²) >= 11 is 0. The third-order valence-corrected chi connectivity index (χ3v) is 1.75. The standard InChI is InChI=1S/C7H12NO/c1-8-7(9)6-4-2-3-5-6/h4,6H,2-3,5H2,1H3,(H,8,9). The molecule has 1 N–H and O–H groups in total. The maximum absolute atomic E-state index is 10.9. The summed E-state index contributed by atoms with van der Waals surface area (Å²) in [5.41, 5.74) is 0. The van der Waals surface area contributed by atoms with Crippen molar-refractivity contribution in [2.75, 3.05) is 7.05 Å². The summed E-state index contributed by atoms with van der Waals surface area (Å²) in [7, 11) is 1.69. The van der Waals surface area contributed by atoms with E-state index in [2.05, 4.69) is 11.7 Å². The van der Waals surface area contributed by atoms with E-state index < -0.39 is 0 Å². The maximum Gasteiger partial charge on any atom is 0.223 e. The molecule has 1 amide bonds. The summed E-state index contributed by atoms with van der Waals surface area (Å²) in [6, 6.07) is 0. The Bertz CT molecular complexity index is 105. The molecule has 0 aliphatic heterocycles. The van der Waals surface area contributed by atoms with Crippen molar-refractivity contribution in [1.29, 1.82) is 0 Å². The molecule has 0 heterocycles. The van der Waals surface area contributed by atoms with E-state index in [1.165, 1.54) is 6.42 Å². The molecule has 9 heavy (non-hydrogen) atoms.